The van der Waals surface area contributed by atoms with Crippen molar-refractivity contribution in [3.63, 3.8) is 0 Å². The molecule has 1 aromatic rings. The van der Waals surface area contributed by atoms with E-state index in [4.69, 9.17) is 0 Å². The van der Waals surface area contributed by atoms with Gasteiger partial charge in [-0.05, 0) is 29.9 Å². The molecule has 1 aliphatic carbocycles. The lowest BCUT2D eigenvalue weighted by atomic mass is 9.94. The van der Waals surface area contributed by atoms with Crippen LogP contribution < -0.4 is 0 Å². The van der Waals surface area contributed by atoms with Gasteiger partial charge in [-0.2, -0.15) is 0 Å². The lowest BCUT2D eigenvalue weighted by molar-refractivity contribution is 0.428. The average molecular weight is 343 g/mol. The minimum Gasteiger partial charge on any atom is -0.144 e. The first-order valence-electron chi connectivity index (χ1n) is 7.71. The van der Waals surface area contributed by atoms with Gasteiger partial charge in [0.15, 0.2) is 0 Å². The van der Waals surface area contributed by atoms with Crippen LogP contribution in [0.1, 0.15) is 80.3 Å². The SMILES string of the molecule is CC(C)(C)c1ccc(C(Br)CC2CCCCCC2)s1. The van der Waals surface area contributed by atoms with Crippen LogP contribution in [-0.2, 0) is 5.41 Å². The van der Waals surface area contributed by atoms with Crippen molar-refractivity contribution in [1.29, 1.82) is 0 Å². The van der Waals surface area contributed by atoms with Crippen LogP contribution in [0.2, 0.25) is 0 Å². The Kier molecular flexibility index (Phi) is 5.54. The van der Waals surface area contributed by atoms with Crippen LogP contribution in [0.25, 0.3) is 0 Å². The molecule has 1 heterocycles. The molecular formula is C17H27BrS. The van der Waals surface area contributed by atoms with Crippen molar-refractivity contribution in [2.24, 2.45) is 5.92 Å². The Balaban J connectivity index is 1.95. The van der Waals surface area contributed by atoms with Crippen molar-refractivity contribution in [2.45, 2.75) is 76.0 Å². The molecule has 1 fully saturated rings. The zero-order valence-corrected chi connectivity index (χ0v) is 14.9. The van der Waals surface area contributed by atoms with E-state index in [-0.39, 0.29) is 5.41 Å². The largest absolute Gasteiger partial charge is 0.144 e. The van der Waals surface area contributed by atoms with Crippen molar-refractivity contribution in [3.8, 4) is 0 Å². The topological polar surface area (TPSA) is 0 Å². The second kappa shape index (κ2) is 6.76. The fraction of sp³-hybridized carbons (Fsp3) is 0.765. The molecule has 2 heteroatoms. The van der Waals surface area contributed by atoms with Gasteiger partial charge in [0.2, 0.25) is 0 Å². The van der Waals surface area contributed by atoms with Crippen molar-refractivity contribution in [3.05, 3.63) is 21.9 Å². The molecule has 0 nitrogen and oxygen atoms in total. The van der Waals surface area contributed by atoms with E-state index in [1.807, 2.05) is 11.3 Å². The highest BCUT2D eigenvalue weighted by Gasteiger charge is 2.21. The summed E-state index contributed by atoms with van der Waals surface area (Å²) in [6.07, 6.45) is 10.0. The molecule has 108 valence electrons. The zero-order chi connectivity index (χ0) is 13.9. The molecule has 1 atom stereocenters. The van der Waals surface area contributed by atoms with Gasteiger partial charge in [0, 0.05) is 14.6 Å². The van der Waals surface area contributed by atoms with Gasteiger partial charge in [0.1, 0.15) is 0 Å². The highest BCUT2D eigenvalue weighted by Crippen LogP contribution is 2.40. The standard InChI is InChI=1S/C17H27BrS/c1-17(2,3)16-11-10-15(19-16)14(18)12-13-8-6-4-5-7-9-13/h10-11,13-14H,4-9,12H2,1-3H3. The maximum absolute atomic E-state index is 3.94. The molecule has 1 unspecified atom stereocenters. The third-order valence-corrected chi connectivity index (χ3v) is 6.98. The van der Waals surface area contributed by atoms with Gasteiger partial charge in [-0.15, -0.1) is 11.3 Å². The monoisotopic (exact) mass is 342 g/mol. The Morgan fingerprint density at radius 2 is 1.79 bits per heavy atom. The maximum atomic E-state index is 3.94. The summed E-state index contributed by atoms with van der Waals surface area (Å²) in [5.74, 6) is 0.937. The third kappa shape index (κ3) is 4.60. The second-order valence-electron chi connectivity index (χ2n) is 7.01. The Morgan fingerprint density at radius 1 is 1.16 bits per heavy atom. The zero-order valence-electron chi connectivity index (χ0n) is 12.5. The van der Waals surface area contributed by atoms with Crippen molar-refractivity contribution in [1.82, 2.24) is 0 Å². The number of alkyl halides is 1. The van der Waals surface area contributed by atoms with Crippen LogP contribution in [0.15, 0.2) is 12.1 Å². The molecule has 1 aromatic heterocycles. The lowest BCUT2D eigenvalue weighted by Gasteiger charge is -2.18. The van der Waals surface area contributed by atoms with Crippen LogP contribution in [0.4, 0.5) is 0 Å². The summed E-state index contributed by atoms with van der Waals surface area (Å²) < 4.78 is 0. The Morgan fingerprint density at radius 3 is 2.32 bits per heavy atom. The molecule has 19 heavy (non-hydrogen) atoms. The normalized spacial score (nSPS) is 20.2. The number of thiophene rings is 1. The predicted octanol–water partition coefficient (Wildman–Crippen LogP) is 6.84. The molecule has 0 spiro atoms. The van der Waals surface area contributed by atoms with Gasteiger partial charge in [0.05, 0.1) is 0 Å². The van der Waals surface area contributed by atoms with Gasteiger partial charge in [-0.3, -0.25) is 0 Å². The molecule has 1 aliphatic rings. The van der Waals surface area contributed by atoms with E-state index < -0.39 is 0 Å². The molecule has 0 amide bonds. The minimum atomic E-state index is 0.290. The van der Waals surface area contributed by atoms with Crippen molar-refractivity contribution < 1.29 is 0 Å². The van der Waals surface area contributed by atoms with Gasteiger partial charge < -0.3 is 0 Å². The molecule has 0 N–H and O–H groups in total. The highest BCUT2D eigenvalue weighted by atomic mass is 79.9. The Labute approximate surface area is 131 Å². The molecule has 0 radical (unpaired) electrons. The molecule has 0 bridgehead atoms. The summed E-state index contributed by atoms with van der Waals surface area (Å²) in [5, 5.41) is 0. The fourth-order valence-corrected chi connectivity index (χ4v) is 4.95. The fourth-order valence-electron chi connectivity index (χ4n) is 2.93. The first-order valence-corrected chi connectivity index (χ1v) is 9.44. The van der Waals surface area contributed by atoms with Gasteiger partial charge >= 0.3 is 0 Å². The molecule has 1 saturated carbocycles. The van der Waals surface area contributed by atoms with E-state index in [9.17, 15) is 0 Å². The molecule has 0 aliphatic heterocycles. The van der Waals surface area contributed by atoms with Crippen LogP contribution in [-0.4, -0.2) is 0 Å². The van der Waals surface area contributed by atoms with Crippen molar-refractivity contribution in [2.75, 3.05) is 0 Å². The highest BCUT2D eigenvalue weighted by molar-refractivity contribution is 9.09. The molecule has 2 rings (SSSR count). The number of halogens is 1. The summed E-state index contributed by atoms with van der Waals surface area (Å²) in [7, 11) is 0. The first-order chi connectivity index (χ1) is 8.97. The van der Waals surface area contributed by atoms with E-state index >= 15 is 0 Å². The minimum absolute atomic E-state index is 0.290. The molecule has 0 saturated heterocycles. The van der Waals surface area contributed by atoms with E-state index in [0.29, 0.717) is 4.83 Å². The van der Waals surface area contributed by atoms with Crippen molar-refractivity contribution >= 4 is 27.3 Å². The van der Waals surface area contributed by atoms with E-state index in [2.05, 4.69) is 48.8 Å². The van der Waals surface area contributed by atoms with Crippen LogP contribution in [0, 0.1) is 5.92 Å². The van der Waals surface area contributed by atoms with Gasteiger partial charge in [-0.1, -0.05) is 75.2 Å². The number of rotatable bonds is 3. The number of hydrogen-bond donors (Lipinski definition) is 0. The van der Waals surface area contributed by atoms with E-state index in [1.54, 1.807) is 0 Å². The van der Waals surface area contributed by atoms with Gasteiger partial charge in [-0.25, -0.2) is 0 Å². The number of hydrogen-bond acceptors (Lipinski definition) is 1. The second-order valence-corrected chi connectivity index (χ2v) is 9.23. The van der Waals surface area contributed by atoms with E-state index in [1.165, 1.54) is 54.7 Å². The molecular weight excluding hydrogens is 316 g/mol. The van der Waals surface area contributed by atoms with E-state index in [0.717, 1.165) is 5.92 Å². The Bertz CT molecular complexity index is 380. The lowest BCUT2D eigenvalue weighted by Crippen LogP contribution is -2.07. The van der Waals surface area contributed by atoms with Crippen LogP contribution in [0.3, 0.4) is 0 Å². The average Bonchev–Trinajstić information content (AvgIpc) is 2.70. The maximum Gasteiger partial charge on any atom is 0.0491 e. The third-order valence-electron chi connectivity index (χ3n) is 4.19. The van der Waals surface area contributed by atoms with Gasteiger partial charge in [0.25, 0.3) is 0 Å². The quantitative estimate of drug-likeness (QED) is 0.416. The first kappa shape index (κ1) is 15.6. The van der Waals surface area contributed by atoms with Crippen LogP contribution in [0.5, 0.6) is 0 Å². The van der Waals surface area contributed by atoms with Crippen LogP contribution >= 0.6 is 27.3 Å². The summed E-state index contributed by atoms with van der Waals surface area (Å²) in [6, 6.07) is 4.66. The molecule has 0 aromatic carbocycles. The summed E-state index contributed by atoms with van der Waals surface area (Å²) in [6.45, 7) is 6.91. The smallest absolute Gasteiger partial charge is 0.0491 e. The summed E-state index contributed by atoms with van der Waals surface area (Å²) in [4.78, 5) is 3.60. The summed E-state index contributed by atoms with van der Waals surface area (Å²) >= 11 is 5.93. The summed E-state index contributed by atoms with van der Waals surface area (Å²) in [5.41, 5.74) is 0.290. The predicted molar refractivity (Wildman–Crippen MR) is 90.5 cm³/mol. The Hall–Kier alpha value is 0.180.